The highest BCUT2D eigenvalue weighted by atomic mass is 79.9. The minimum Gasteiger partial charge on any atom is -0.507 e. The maximum atomic E-state index is 11.8. The number of aliphatic hydroxyl groups is 1. The molecule has 1 atom stereocenters. The second-order valence-electron chi connectivity index (χ2n) is 3.90. The van der Waals surface area contributed by atoms with Crippen molar-refractivity contribution >= 4 is 21.8 Å². The van der Waals surface area contributed by atoms with E-state index in [-0.39, 0.29) is 29.9 Å². The zero-order valence-corrected chi connectivity index (χ0v) is 11.2. The van der Waals surface area contributed by atoms with Gasteiger partial charge in [0.05, 0.1) is 5.56 Å². The van der Waals surface area contributed by atoms with Crippen LogP contribution in [0.5, 0.6) is 5.75 Å². The van der Waals surface area contributed by atoms with Gasteiger partial charge in [0.1, 0.15) is 5.75 Å². The lowest BCUT2D eigenvalue weighted by Gasteiger charge is -2.13. The maximum Gasteiger partial charge on any atom is 0.255 e. The Kier molecular flexibility index (Phi) is 5.44. The summed E-state index contributed by atoms with van der Waals surface area (Å²) in [7, 11) is 0. The third-order valence-electron chi connectivity index (χ3n) is 2.38. The Bertz CT molecular complexity index is 395. The van der Waals surface area contributed by atoms with E-state index in [1.165, 1.54) is 6.07 Å². The van der Waals surface area contributed by atoms with Crippen molar-refractivity contribution in [2.75, 3.05) is 6.61 Å². The van der Waals surface area contributed by atoms with Crippen LogP contribution in [0.15, 0.2) is 22.7 Å². The normalized spacial score (nSPS) is 12.2. The number of amides is 1. The second kappa shape index (κ2) is 6.61. The van der Waals surface area contributed by atoms with Crippen molar-refractivity contribution in [3.05, 3.63) is 28.2 Å². The first kappa shape index (κ1) is 14.0. The molecule has 5 heteroatoms. The highest BCUT2D eigenvalue weighted by Crippen LogP contribution is 2.21. The number of aliphatic hydroxyl groups excluding tert-OH is 1. The summed E-state index contributed by atoms with van der Waals surface area (Å²) in [6.45, 7) is 1.98. The Hall–Kier alpha value is -1.07. The van der Waals surface area contributed by atoms with Crippen LogP contribution in [0.1, 0.15) is 30.1 Å². The molecule has 0 bridgehead atoms. The van der Waals surface area contributed by atoms with Gasteiger partial charge in [0, 0.05) is 17.1 Å². The molecule has 0 heterocycles. The van der Waals surface area contributed by atoms with E-state index < -0.39 is 0 Å². The van der Waals surface area contributed by atoms with Gasteiger partial charge in [0.2, 0.25) is 0 Å². The van der Waals surface area contributed by atoms with Gasteiger partial charge in [0.15, 0.2) is 0 Å². The lowest BCUT2D eigenvalue weighted by Crippen LogP contribution is -2.32. The summed E-state index contributed by atoms with van der Waals surface area (Å²) >= 11 is 3.25. The summed E-state index contributed by atoms with van der Waals surface area (Å²) < 4.78 is 0.739. The fourth-order valence-corrected chi connectivity index (χ4v) is 1.82. The van der Waals surface area contributed by atoms with Crippen molar-refractivity contribution in [3.63, 3.8) is 0 Å². The van der Waals surface area contributed by atoms with Gasteiger partial charge in [-0.25, -0.2) is 0 Å². The van der Waals surface area contributed by atoms with E-state index in [9.17, 15) is 9.90 Å². The highest BCUT2D eigenvalue weighted by Gasteiger charge is 2.13. The van der Waals surface area contributed by atoms with Gasteiger partial charge in [0.25, 0.3) is 5.91 Å². The molecule has 1 rings (SSSR count). The van der Waals surface area contributed by atoms with Crippen molar-refractivity contribution in [2.24, 2.45) is 0 Å². The Morgan fingerprint density at radius 3 is 2.88 bits per heavy atom. The molecule has 0 saturated heterocycles. The molecule has 4 nitrogen and oxygen atoms in total. The number of halogens is 1. The van der Waals surface area contributed by atoms with Crippen LogP contribution in [0.4, 0.5) is 0 Å². The number of nitrogens with one attached hydrogen (secondary N) is 1. The molecule has 3 N–H and O–H groups in total. The third-order valence-corrected chi connectivity index (χ3v) is 2.87. The van der Waals surface area contributed by atoms with Gasteiger partial charge in [-0.2, -0.15) is 0 Å². The number of aromatic hydroxyl groups is 1. The maximum absolute atomic E-state index is 11.8. The summed E-state index contributed by atoms with van der Waals surface area (Å²) in [5.41, 5.74) is 0.246. The van der Waals surface area contributed by atoms with Crippen molar-refractivity contribution in [1.29, 1.82) is 0 Å². The molecule has 1 unspecified atom stereocenters. The summed E-state index contributed by atoms with van der Waals surface area (Å²) in [4.78, 5) is 11.8. The minimum absolute atomic E-state index is 0.0342. The summed E-state index contributed by atoms with van der Waals surface area (Å²) in [5.74, 6) is -0.353. The molecular weight excluding hydrogens is 286 g/mol. The summed E-state index contributed by atoms with van der Waals surface area (Å²) in [6, 6.07) is 4.68. The topological polar surface area (TPSA) is 69.6 Å². The van der Waals surface area contributed by atoms with Crippen LogP contribution in [0.2, 0.25) is 0 Å². The van der Waals surface area contributed by atoms with Crippen molar-refractivity contribution in [2.45, 2.75) is 25.8 Å². The Morgan fingerprint density at radius 2 is 2.24 bits per heavy atom. The monoisotopic (exact) mass is 301 g/mol. The number of rotatable bonds is 5. The molecule has 1 aromatic rings. The average Bonchev–Trinajstić information content (AvgIpc) is 2.29. The van der Waals surface area contributed by atoms with Gasteiger partial charge in [-0.3, -0.25) is 4.79 Å². The van der Waals surface area contributed by atoms with Crippen molar-refractivity contribution in [1.82, 2.24) is 5.32 Å². The number of phenolic OH excluding ortho intramolecular Hbond substituents is 1. The molecule has 1 aromatic carbocycles. The Labute approximate surface area is 109 Å². The number of carbonyl (C=O) groups is 1. The average molecular weight is 302 g/mol. The molecule has 0 saturated carbocycles. The van der Waals surface area contributed by atoms with Crippen LogP contribution < -0.4 is 5.32 Å². The number of benzene rings is 1. The first-order valence-corrected chi connectivity index (χ1v) is 6.24. The number of hydrogen-bond donors (Lipinski definition) is 3. The molecule has 0 aliphatic carbocycles. The molecule has 0 aromatic heterocycles. The molecular formula is C12H16BrNO3. The largest absolute Gasteiger partial charge is 0.507 e. The van der Waals surface area contributed by atoms with E-state index >= 15 is 0 Å². The molecule has 0 aliphatic rings. The fourth-order valence-electron chi connectivity index (χ4n) is 1.46. The molecule has 0 aliphatic heterocycles. The SMILES string of the molecule is CC(CCCO)NC(=O)c1cc(Br)ccc1O. The van der Waals surface area contributed by atoms with Crippen LogP contribution in [-0.2, 0) is 0 Å². The summed E-state index contributed by atoms with van der Waals surface area (Å²) in [6.07, 6.45) is 1.35. The number of carbonyl (C=O) groups excluding carboxylic acids is 1. The zero-order valence-electron chi connectivity index (χ0n) is 9.61. The number of hydrogen-bond acceptors (Lipinski definition) is 3. The smallest absolute Gasteiger partial charge is 0.255 e. The molecule has 94 valence electrons. The third kappa shape index (κ3) is 4.36. The second-order valence-corrected chi connectivity index (χ2v) is 4.82. The number of phenols is 1. The van der Waals surface area contributed by atoms with E-state index in [1.54, 1.807) is 12.1 Å². The van der Waals surface area contributed by atoms with E-state index in [2.05, 4.69) is 21.2 Å². The highest BCUT2D eigenvalue weighted by molar-refractivity contribution is 9.10. The lowest BCUT2D eigenvalue weighted by molar-refractivity contribution is 0.0933. The molecule has 0 spiro atoms. The van der Waals surface area contributed by atoms with Gasteiger partial charge in [-0.15, -0.1) is 0 Å². The van der Waals surface area contributed by atoms with E-state index in [0.29, 0.717) is 12.8 Å². The molecule has 17 heavy (non-hydrogen) atoms. The standard InChI is InChI=1S/C12H16BrNO3/c1-8(3-2-6-15)14-12(17)10-7-9(13)4-5-11(10)16/h4-5,7-8,15-16H,2-3,6H2,1H3,(H,14,17). The van der Waals surface area contributed by atoms with Crippen molar-refractivity contribution < 1.29 is 15.0 Å². The molecule has 1 amide bonds. The lowest BCUT2D eigenvalue weighted by atomic mass is 10.1. The first-order chi connectivity index (χ1) is 8.04. The first-order valence-electron chi connectivity index (χ1n) is 5.45. The van der Waals surface area contributed by atoms with E-state index in [0.717, 1.165) is 4.47 Å². The van der Waals surface area contributed by atoms with Gasteiger partial charge < -0.3 is 15.5 Å². The van der Waals surface area contributed by atoms with Crippen LogP contribution in [0.25, 0.3) is 0 Å². The van der Waals surface area contributed by atoms with Crippen LogP contribution in [0.3, 0.4) is 0 Å². The Balaban J connectivity index is 2.66. The molecule has 0 fully saturated rings. The Morgan fingerprint density at radius 1 is 1.53 bits per heavy atom. The van der Waals surface area contributed by atoms with Gasteiger partial charge in [-0.1, -0.05) is 15.9 Å². The van der Waals surface area contributed by atoms with Gasteiger partial charge in [-0.05, 0) is 38.0 Å². The van der Waals surface area contributed by atoms with Crippen molar-refractivity contribution in [3.8, 4) is 5.75 Å². The predicted octanol–water partition coefficient (Wildman–Crippen LogP) is 2.05. The predicted molar refractivity (Wildman–Crippen MR) is 69.1 cm³/mol. The van der Waals surface area contributed by atoms with E-state index in [1.807, 2.05) is 6.92 Å². The van der Waals surface area contributed by atoms with Crippen LogP contribution in [-0.4, -0.2) is 28.8 Å². The van der Waals surface area contributed by atoms with E-state index in [4.69, 9.17) is 5.11 Å². The quantitative estimate of drug-likeness (QED) is 0.779. The van der Waals surface area contributed by atoms with Gasteiger partial charge >= 0.3 is 0 Å². The molecule has 0 radical (unpaired) electrons. The van der Waals surface area contributed by atoms with Crippen LogP contribution in [0, 0.1) is 0 Å². The minimum atomic E-state index is -0.311. The fraction of sp³-hybridized carbons (Fsp3) is 0.417. The van der Waals surface area contributed by atoms with Crippen LogP contribution >= 0.6 is 15.9 Å². The zero-order chi connectivity index (χ0) is 12.8. The summed E-state index contributed by atoms with van der Waals surface area (Å²) in [5, 5.41) is 21.0.